The van der Waals surface area contributed by atoms with E-state index < -0.39 is 0 Å². The van der Waals surface area contributed by atoms with E-state index in [-0.39, 0.29) is 0 Å². The molecule has 1 aliphatic carbocycles. The van der Waals surface area contributed by atoms with Crippen molar-refractivity contribution < 1.29 is 0 Å². The molecule has 3 atom stereocenters. The van der Waals surface area contributed by atoms with E-state index in [1.165, 1.54) is 24.8 Å². The van der Waals surface area contributed by atoms with Crippen LogP contribution < -0.4 is 5.32 Å². The van der Waals surface area contributed by atoms with Crippen molar-refractivity contribution in [3.05, 3.63) is 59.9 Å². The molecule has 3 rings (SSSR count). The molecular formula is C21H28N2. The molecule has 122 valence electrons. The number of hydrogen-bond acceptors (Lipinski definition) is 2. The van der Waals surface area contributed by atoms with Crippen LogP contribution in [-0.2, 0) is 0 Å². The van der Waals surface area contributed by atoms with Gasteiger partial charge in [-0.3, -0.25) is 4.98 Å². The minimum absolute atomic E-state index is 0.487. The molecule has 1 fully saturated rings. The summed E-state index contributed by atoms with van der Waals surface area (Å²) in [6, 6.07) is 15.8. The van der Waals surface area contributed by atoms with Gasteiger partial charge in [-0.25, -0.2) is 0 Å². The molecule has 3 unspecified atom stereocenters. The first kappa shape index (κ1) is 16.0. The van der Waals surface area contributed by atoms with Gasteiger partial charge >= 0.3 is 0 Å². The van der Waals surface area contributed by atoms with E-state index in [9.17, 15) is 0 Å². The van der Waals surface area contributed by atoms with E-state index in [2.05, 4.69) is 73.5 Å². The molecule has 0 saturated heterocycles. The van der Waals surface area contributed by atoms with Crippen LogP contribution in [0.2, 0.25) is 0 Å². The maximum atomic E-state index is 4.58. The van der Waals surface area contributed by atoms with E-state index in [0.717, 1.165) is 17.3 Å². The second kappa shape index (κ2) is 7.16. The lowest BCUT2D eigenvalue weighted by atomic mass is 9.76. The zero-order valence-corrected chi connectivity index (χ0v) is 14.5. The molecule has 0 spiro atoms. The molecule has 23 heavy (non-hydrogen) atoms. The Labute approximate surface area is 140 Å². The molecule has 0 aliphatic heterocycles. The molecule has 1 aromatic carbocycles. The van der Waals surface area contributed by atoms with Crippen LogP contribution in [0, 0.1) is 5.92 Å². The van der Waals surface area contributed by atoms with Crippen LogP contribution in [0.15, 0.2) is 48.7 Å². The average Bonchev–Trinajstić information content (AvgIpc) is 2.55. The Morgan fingerprint density at radius 3 is 2.43 bits per heavy atom. The molecule has 0 bridgehead atoms. The lowest BCUT2D eigenvalue weighted by molar-refractivity contribution is 0.321. The largest absolute Gasteiger partial charge is 0.381 e. The van der Waals surface area contributed by atoms with Crippen LogP contribution in [0.1, 0.15) is 63.1 Å². The van der Waals surface area contributed by atoms with E-state index >= 15 is 0 Å². The molecule has 1 aliphatic rings. The van der Waals surface area contributed by atoms with Crippen LogP contribution in [0.25, 0.3) is 0 Å². The van der Waals surface area contributed by atoms with Gasteiger partial charge in [0.2, 0.25) is 0 Å². The Morgan fingerprint density at radius 1 is 1.00 bits per heavy atom. The third-order valence-corrected chi connectivity index (χ3v) is 4.96. The summed E-state index contributed by atoms with van der Waals surface area (Å²) in [7, 11) is 0. The highest BCUT2D eigenvalue weighted by Gasteiger charge is 2.27. The summed E-state index contributed by atoms with van der Waals surface area (Å²) in [5, 5.41) is 3.71. The van der Waals surface area contributed by atoms with Crippen LogP contribution in [0.3, 0.4) is 0 Å². The van der Waals surface area contributed by atoms with Crippen LogP contribution in [-0.4, -0.2) is 11.0 Å². The SMILES string of the molecule is CC1CC(Nc2ccc(C(C)C)nc2)CC(c2ccccc2)C1. The van der Waals surface area contributed by atoms with Crippen LogP contribution in [0.4, 0.5) is 5.69 Å². The Balaban J connectivity index is 1.67. The summed E-state index contributed by atoms with van der Waals surface area (Å²) in [6.07, 6.45) is 5.74. The van der Waals surface area contributed by atoms with Crippen molar-refractivity contribution in [1.82, 2.24) is 4.98 Å². The summed E-state index contributed by atoms with van der Waals surface area (Å²) in [5.41, 5.74) is 3.80. The number of hydrogen-bond donors (Lipinski definition) is 1. The highest BCUT2D eigenvalue weighted by Crippen LogP contribution is 2.37. The van der Waals surface area contributed by atoms with Gasteiger partial charge in [-0.1, -0.05) is 51.1 Å². The van der Waals surface area contributed by atoms with E-state index in [0.29, 0.717) is 17.9 Å². The summed E-state index contributed by atoms with van der Waals surface area (Å²) in [6.45, 7) is 6.75. The van der Waals surface area contributed by atoms with Gasteiger partial charge in [-0.2, -0.15) is 0 Å². The van der Waals surface area contributed by atoms with Crippen molar-refractivity contribution in [1.29, 1.82) is 0 Å². The molecule has 1 saturated carbocycles. The van der Waals surface area contributed by atoms with Crippen molar-refractivity contribution >= 4 is 5.69 Å². The van der Waals surface area contributed by atoms with Gasteiger partial charge in [-0.15, -0.1) is 0 Å². The molecular weight excluding hydrogens is 280 g/mol. The molecule has 2 heteroatoms. The fraction of sp³-hybridized carbons (Fsp3) is 0.476. The maximum absolute atomic E-state index is 4.58. The Hall–Kier alpha value is -1.83. The van der Waals surface area contributed by atoms with Crippen molar-refractivity contribution in [3.8, 4) is 0 Å². The predicted octanol–water partition coefficient (Wildman–Crippen LogP) is 5.59. The third kappa shape index (κ3) is 4.13. The number of benzene rings is 1. The van der Waals surface area contributed by atoms with Crippen molar-refractivity contribution in [2.45, 2.75) is 57.9 Å². The van der Waals surface area contributed by atoms with Gasteiger partial charge in [-0.05, 0) is 54.7 Å². The highest BCUT2D eigenvalue weighted by molar-refractivity contribution is 5.42. The molecule has 1 heterocycles. The normalized spacial score (nSPS) is 24.6. The summed E-state index contributed by atoms with van der Waals surface area (Å²) >= 11 is 0. The fourth-order valence-corrected chi connectivity index (χ4v) is 3.79. The van der Waals surface area contributed by atoms with Crippen molar-refractivity contribution in [3.63, 3.8) is 0 Å². The standard InChI is InChI=1S/C21H28N2/c1-15(2)21-10-9-19(14-22-21)23-20-12-16(3)11-18(13-20)17-7-5-4-6-8-17/h4-10,14-16,18,20,23H,11-13H2,1-3H3. The summed E-state index contributed by atoms with van der Waals surface area (Å²) < 4.78 is 0. The molecule has 1 aromatic heterocycles. The van der Waals surface area contributed by atoms with Gasteiger partial charge in [0, 0.05) is 11.7 Å². The van der Waals surface area contributed by atoms with Crippen molar-refractivity contribution in [2.24, 2.45) is 5.92 Å². The number of pyridine rings is 1. The van der Waals surface area contributed by atoms with Gasteiger partial charge in [0.15, 0.2) is 0 Å². The van der Waals surface area contributed by atoms with Crippen LogP contribution >= 0.6 is 0 Å². The second-order valence-corrected chi connectivity index (χ2v) is 7.39. The Morgan fingerprint density at radius 2 is 1.78 bits per heavy atom. The average molecular weight is 308 g/mol. The quantitative estimate of drug-likeness (QED) is 0.796. The minimum atomic E-state index is 0.487. The molecule has 0 amide bonds. The fourth-order valence-electron chi connectivity index (χ4n) is 3.79. The van der Waals surface area contributed by atoms with Gasteiger partial charge in [0.1, 0.15) is 0 Å². The smallest absolute Gasteiger partial charge is 0.0529 e. The summed E-state index contributed by atoms with van der Waals surface area (Å²) in [4.78, 5) is 4.58. The van der Waals surface area contributed by atoms with Crippen LogP contribution in [0.5, 0.6) is 0 Å². The molecule has 1 N–H and O–H groups in total. The first-order valence-corrected chi connectivity index (χ1v) is 8.89. The van der Waals surface area contributed by atoms with E-state index in [4.69, 9.17) is 0 Å². The summed E-state index contributed by atoms with van der Waals surface area (Å²) in [5.74, 6) is 1.91. The van der Waals surface area contributed by atoms with E-state index in [1.54, 1.807) is 0 Å². The van der Waals surface area contributed by atoms with Crippen molar-refractivity contribution in [2.75, 3.05) is 5.32 Å². The third-order valence-electron chi connectivity index (χ3n) is 4.96. The van der Waals surface area contributed by atoms with E-state index in [1.807, 2.05) is 6.20 Å². The first-order chi connectivity index (χ1) is 11.1. The first-order valence-electron chi connectivity index (χ1n) is 8.89. The lowest BCUT2D eigenvalue weighted by Crippen LogP contribution is -2.30. The number of nitrogens with zero attached hydrogens (tertiary/aromatic N) is 1. The molecule has 0 radical (unpaired) electrons. The topological polar surface area (TPSA) is 24.9 Å². The second-order valence-electron chi connectivity index (χ2n) is 7.39. The number of nitrogens with one attached hydrogen (secondary N) is 1. The van der Waals surface area contributed by atoms with Gasteiger partial charge in [0.25, 0.3) is 0 Å². The zero-order chi connectivity index (χ0) is 16.2. The maximum Gasteiger partial charge on any atom is 0.0529 e. The predicted molar refractivity (Wildman–Crippen MR) is 97.9 cm³/mol. The Bertz CT molecular complexity index is 603. The zero-order valence-electron chi connectivity index (χ0n) is 14.5. The molecule has 2 nitrogen and oxygen atoms in total. The number of aromatic nitrogens is 1. The van der Waals surface area contributed by atoms with Gasteiger partial charge in [0.05, 0.1) is 11.9 Å². The monoisotopic (exact) mass is 308 g/mol. The van der Waals surface area contributed by atoms with Gasteiger partial charge < -0.3 is 5.32 Å². The minimum Gasteiger partial charge on any atom is -0.381 e. The highest BCUT2D eigenvalue weighted by atomic mass is 14.9. The Kier molecular flexibility index (Phi) is 5.00. The number of rotatable bonds is 4. The number of anilines is 1. The lowest BCUT2D eigenvalue weighted by Gasteiger charge is -2.34. The molecule has 2 aromatic rings.